The van der Waals surface area contributed by atoms with Gasteiger partial charge in [0, 0.05) is 11.6 Å². The van der Waals surface area contributed by atoms with E-state index in [0.717, 1.165) is 0 Å². The van der Waals surface area contributed by atoms with Crippen LogP contribution >= 0.6 is 15.9 Å². The van der Waals surface area contributed by atoms with Crippen molar-refractivity contribution >= 4 is 21.8 Å². The zero-order chi connectivity index (χ0) is 11.7. The molecule has 0 atom stereocenters. The van der Waals surface area contributed by atoms with Crippen molar-refractivity contribution < 1.29 is 14.4 Å². The number of aromatic nitrogens is 1. The first-order valence-corrected chi connectivity index (χ1v) is 5.19. The first-order chi connectivity index (χ1) is 7.63. The van der Waals surface area contributed by atoms with Crippen molar-refractivity contribution in [2.75, 3.05) is 12.8 Å². The molecule has 0 saturated heterocycles. The number of aromatic hydroxyl groups is 1. The summed E-state index contributed by atoms with van der Waals surface area (Å²) >= 11 is 3.32. The fourth-order valence-corrected chi connectivity index (χ4v) is 1.87. The molecule has 0 radical (unpaired) electrons. The smallest absolute Gasteiger partial charge is 0.230 e. The molecule has 16 heavy (non-hydrogen) atoms. The number of hydrogen-bond acceptors (Lipinski definition) is 5. The summed E-state index contributed by atoms with van der Waals surface area (Å²) in [5, 5.41) is 13.4. The Hall–Kier alpha value is -1.69. The Morgan fingerprint density at radius 3 is 2.75 bits per heavy atom. The minimum Gasteiger partial charge on any atom is -0.507 e. The molecule has 0 aliphatic carbocycles. The molecule has 84 valence electrons. The number of halogens is 1. The lowest BCUT2D eigenvalue weighted by atomic mass is 10.1. The highest BCUT2D eigenvalue weighted by molar-refractivity contribution is 9.10. The molecule has 1 heterocycles. The molecule has 0 aliphatic rings. The average molecular weight is 285 g/mol. The number of anilines is 1. The Morgan fingerprint density at radius 1 is 1.44 bits per heavy atom. The second kappa shape index (κ2) is 4.05. The lowest BCUT2D eigenvalue weighted by Gasteiger charge is -2.07. The van der Waals surface area contributed by atoms with Gasteiger partial charge in [-0.1, -0.05) is 5.16 Å². The normalized spacial score (nSPS) is 10.4. The van der Waals surface area contributed by atoms with E-state index in [-0.39, 0.29) is 11.6 Å². The van der Waals surface area contributed by atoms with E-state index >= 15 is 0 Å². The maximum absolute atomic E-state index is 9.82. The third kappa shape index (κ3) is 1.71. The van der Waals surface area contributed by atoms with Gasteiger partial charge >= 0.3 is 0 Å². The van der Waals surface area contributed by atoms with E-state index in [0.29, 0.717) is 21.3 Å². The number of ether oxygens (including phenoxy) is 1. The minimum absolute atomic E-state index is 0.0509. The maximum Gasteiger partial charge on any atom is 0.230 e. The first kappa shape index (κ1) is 10.8. The zero-order valence-electron chi connectivity index (χ0n) is 8.40. The van der Waals surface area contributed by atoms with Gasteiger partial charge in [0.2, 0.25) is 5.88 Å². The third-order valence-corrected chi connectivity index (χ3v) is 2.78. The van der Waals surface area contributed by atoms with E-state index in [1.165, 1.54) is 19.4 Å². The topological polar surface area (TPSA) is 81.5 Å². The third-order valence-electron chi connectivity index (χ3n) is 2.16. The quantitative estimate of drug-likeness (QED) is 0.885. The Labute approximate surface area is 99.9 Å². The number of rotatable bonds is 2. The summed E-state index contributed by atoms with van der Waals surface area (Å²) in [6.45, 7) is 0. The van der Waals surface area contributed by atoms with Crippen LogP contribution in [0.4, 0.5) is 5.88 Å². The number of nitrogens with two attached hydrogens (primary N) is 1. The largest absolute Gasteiger partial charge is 0.507 e. The number of methoxy groups -OCH3 is 1. The maximum atomic E-state index is 9.82. The number of nitrogens with zero attached hydrogens (tertiary/aromatic N) is 1. The van der Waals surface area contributed by atoms with Gasteiger partial charge in [-0.2, -0.15) is 0 Å². The van der Waals surface area contributed by atoms with Crippen LogP contribution < -0.4 is 10.5 Å². The summed E-state index contributed by atoms with van der Waals surface area (Å²) in [5.74, 6) is 0.749. The molecule has 0 aliphatic heterocycles. The highest BCUT2D eigenvalue weighted by atomic mass is 79.9. The van der Waals surface area contributed by atoms with Gasteiger partial charge in [-0.15, -0.1) is 0 Å². The van der Waals surface area contributed by atoms with E-state index < -0.39 is 0 Å². The van der Waals surface area contributed by atoms with Crippen LogP contribution in [0.15, 0.2) is 27.3 Å². The van der Waals surface area contributed by atoms with Crippen LogP contribution in [0.25, 0.3) is 11.1 Å². The molecule has 6 heteroatoms. The zero-order valence-corrected chi connectivity index (χ0v) is 9.98. The molecule has 0 amide bonds. The minimum atomic E-state index is 0.0509. The highest BCUT2D eigenvalue weighted by Gasteiger charge is 2.14. The number of nitrogen functional groups attached to an aromatic ring is 1. The van der Waals surface area contributed by atoms with Crippen molar-refractivity contribution in [3.63, 3.8) is 0 Å². The van der Waals surface area contributed by atoms with E-state index in [1.807, 2.05) is 0 Å². The van der Waals surface area contributed by atoms with Crippen molar-refractivity contribution in [2.24, 2.45) is 0 Å². The molecule has 0 fully saturated rings. The summed E-state index contributed by atoms with van der Waals surface area (Å²) in [5.41, 5.74) is 6.65. The van der Waals surface area contributed by atoms with Crippen LogP contribution in [-0.2, 0) is 0 Å². The second-order valence-electron chi connectivity index (χ2n) is 3.11. The molecular formula is C10H9BrN2O3. The molecule has 2 aromatic rings. The van der Waals surface area contributed by atoms with Crippen LogP contribution in [0, 0.1) is 0 Å². The van der Waals surface area contributed by atoms with Crippen molar-refractivity contribution in [1.29, 1.82) is 0 Å². The second-order valence-corrected chi connectivity index (χ2v) is 3.96. The van der Waals surface area contributed by atoms with Gasteiger partial charge in [-0.3, -0.25) is 0 Å². The van der Waals surface area contributed by atoms with Crippen LogP contribution in [0.5, 0.6) is 11.5 Å². The van der Waals surface area contributed by atoms with E-state index in [1.54, 1.807) is 6.07 Å². The number of hydrogen-bond donors (Lipinski definition) is 2. The predicted octanol–water partition coefficient (Wildman–Crippen LogP) is 2.40. The summed E-state index contributed by atoms with van der Waals surface area (Å²) in [6, 6.07) is 3.18. The summed E-state index contributed by atoms with van der Waals surface area (Å²) in [6.07, 6.45) is 1.45. The Kier molecular flexibility index (Phi) is 2.74. The standard InChI is InChI=1S/C10H9BrN2O3/c1-15-9-3-8(14)5(2-7(9)11)6-4-13-16-10(6)12/h2-4,14H,12H2,1H3. The monoisotopic (exact) mass is 284 g/mol. The van der Waals surface area contributed by atoms with Crippen molar-refractivity contribution in [3.05, 3.63) is 22.8 Å². The molecule has 5 nitrogen and oxygen atoms in total. The van der Waals surface area contributed by atoms with Crippen LogP contribution in [0.1, 0.15) is 0 Å². The fraction of sp³-hybridized carbons (Fsp3) is 0.100. The van der Waals surface area contributed by atoms with E-state index in [4.69, 9.17) is 15.0 Å². The highest BCUT2D eigenvalue weighted by Crippen LogP contribution is 2.39. The Morgan fingerprint density at radius 2 is 2.19 bits per heavy atom. The van der Waals surface area contributed by atoms with Crippen molar-refractivity contribution in [1.82, 2.24) is 5.16 Å². The number of benzene rings is 1. The van der Waals surface area contributed by atoms with E-state index in [9.17, 15) is 5.11 Å². The first-order valence-electron chi connectivity index (χ1n) is 4.40. The van der Waals surface area contributed by atoms with E-state index in [2.05, 4.69) is 21.1 Å². The van der Waals surface area contributed by atoms with Crippen molar-refractivity contribution in [3.8, 4) is 22.6 Å². The van der Waals surface area contributed by atoms with Gasteiger partial charge in [0.25, 0.3) is 0 Å². The van der Waals surface area contributed by atoms with Gasteiger partial charge < -0.3 is 20.1 Å². The predicted molar refractivity (Wildman–Crippen MR) is 62.3 cm³/mol. The molecular weight excluding hydrogens is 276 g/mol. The Bertz CT molecular complexity index is 525. The van der Waals surface area contributed by atoms with Gasteiger partial charge in [-0.25, -0.2) is 0 Å². The van der Waals surface area contributed by atoms with Crippen molar-refractivity contribution in [2.45, 2.75) is 0 Å². The van der Waals surface area contributed by atoms with Crippen LogP contribution in [-0.4, -0.2) is 17.4 Å². The van der Waals surface area contributed by atoms with Crippen LogP contribution in [0.2, 0.25) is 0 Å². The molecule has 0 spiro atoms. The Balaban J connectivity index is 2.59. The lowest BCUT2D eigenvalue weighted by Crippen LogP contribution is -1.88. The molecule has 1 aromatic heterocycles. The van der Waals surface area contributed by atoms with Gasteiger partial charge in [-0.05, 0) is 22.0 Å². The van der Waals surface area contributed by atoms with Crippen LogP contribution in [0.3, 0.4) is 0 Å². The summed E-state index contributed by atoms with van der Waals surface area (Å²) in [7, 11) is 1.52. The molecule has 0 bridgehead atoms. The molecule has 0 saturated carbocycles. The van der Waals surface area contributed by atoms with Gasteiger partial charge in [0.15, 0.2) is 0 Å². The number of phenols is 1. The summed E-state index contributed by atoms with van der Waals surface area (Å²) in [4.78, 5) is 0. The SMILES string of the molecule is COc1cc(O)c(-c2cnoc2N)cc1Br. The molecule has 1 aromatic carbocycles. The van der Waals surface area contributed by atoms with Gasteiger partial charge in [0.05, 0.1) is 23.3 Å². The molecule has 0 unspecified atom stereocenters. The molecule has 3 N–H and O–H groups in total. The summed E-state index contributed by atoms with van der Waals surface area (Å²) < 4.78 is 10.5. The fourth-order valence-electron chi connectivity index (χ4n) is 1.37. The lowest BCUT2D eigenvalue weighted by molar-refractivity contribution is 0.405. The van der Waals surface area contributed by atoms with Gasteiger partial charge in [0.1, 0.15) is 11.5 Å². The average Bonchev–Trinajstić information content (AvgIpc) is 2.67. The molecule has 2 rings (SSSR count). The number of phenolic OH excluding ortho intramolecular Hbond substituents is 1.